The van der Waals surface area contributed by atoms with Gasteiger partial charge in [-0.15, -0.1) is 11.3 Å². The Kier molecular flexibility index (Phi) is 4.95. The van der Waals surface area contributed by atoms with Crippen LogP contribution in [-0.2, 0) is 22.6 Å². The number of nitrogens with one attached hydrogen (secondary N) is 2. The largest absolute Gasteiger partial charge is 0.467 e. The van der Waals surface area contributed by atoms with E-state index in [9.17, 15) is 9.59 Å². The first-order chi connectivity index (χ1) is 9.65. The molecule has 20 heavy (non-hydrogen) atoms. The van der Waals surface area contributed by atoms with E-state index in [4.69, 9.17) is 4.42 Å². The summed E-state index contributed by atoms with van der Waals surface area (Å²) >= 11 is 1.52. The molecule has 2 heterocycles. The van der Waals surface area contributed by atoms with E-state index in [2.05, 4.69) is 10.6 Å². The standard InChI is InChI=1S/C14H16N2O3S/c1-10(14(18)15-9-11-4-2-6-19-11)16-13(17)8-12-5-3-7-20-12/h2-7,10H,8-9H2,1H3,(H,15,18)(H,16,17)/t10-/m0/s1. The van der Waals surface area contributed by atoms with Gasteiger partial charge in [0.25, 0.3) is 0 Å². The zero-order valence-corrected chi connectivity index (χ0v) is 11.9. The van der Waals surface area contributed by atoms with Gasteiger partial charge in [0.15, 0.2) is 0 Å². The van der Waals surface area contributed by atoms with Crippen molar-refractivity contribution in [3.63, 3.8) is 0 Å². The summed E-state index contributed by atoms with van der Waals surface area (Å²) in [6, 6.07) is 6.75. The molecule has 0 spiro atoms. The summed E-state index contributed by atoms with van der Waals surface area (Å²) in [7, 11) is 0. The maximum atomic E-state index is 11.8. The SMILES string of the molecule is C[C@H](NC(=O)Cc1cccs1)C(=O)NCc1ccco1. The van der Waals surface area contributed by atoms with Crippen LogP contribution >= 0.6 is 11.3 Å². The van der Waals surface area contributed by atoms with E-state index in [1.54, 1.807) is 25.3 Å². The molecule has 0 bridgehead atoms. The Labute approximate surface area is 121 Å². The number of carbonyl (C=O) groups excluding carboxylic acids is 2. The molecule has 2 aromatic rings. The van der Waals surface area contributed by atoms with Gasteiger partial charge in [-0.1, -0.05) is 6.07 Å². The highest BCUT2D eigenvalue weighted by Crippen LogP contribution is 2.08. The van der Waals surface area contributed by atoms with Gasteiger partial charge >= 0.3 is 0 Å². The Bertz CT molecular complexity index is 549. The second kappa shape index (κ2) is 6.91. The Balaban J connectivity index is 1.74. The first-order valence-corrected chi connectivity index (χ1v) is 7.15. The van der Waals surface area contributed by atoms with E-state index in [0.29, 0.717) is 18.7 Å². The first-order valence-electron chi connectivity index (χ1n) is 6.27. The molecule has 0 aliphatic carbocycles. The summed E-state index contributed by atoms with van der Waals surface area (Å²) in [4.78, 5) is 24.5. The minimum atomic E-state index is -0.572. The summed E-state index contributed by atoms with van der Waals surface area (Å²) in [5.74, 6) is 0.282. The van der Waals surface area contributed by atoms with Crippen molar-refractivity contribution < 1.29 is 14.0 Å². The smallest absolute Gasteiger partial charge is 0.242 e. The molecular weight excluding hydrogens is 276 g/mol. The molecule has 5 nitrogen and oxygen atoms in total. The molecule has 0 radical (unpaired) electrons. The fourth-order valence-electron chi connectivity index (χ4n) is 1.67. The number of amides is 2. The van der Waals surface area contributed by atoms with Gasteiger partial charge < -0.3 is 15.1 Å². The fourth-order valence-corrected chi connectivity index (χ4v) is 2.37. The van der Waals surface area contributed by atoms with Crippen molar-refractivity contribution in [2.75, 3.05) is 0 Å². The van der Waals surface area contributed by atoms with Crippen LogP contribution in [0, 0.1) is 0 Å². The minimum absolute atomic E-state index is 0.159. The van der Waals surface area contributed by atoms with Crippen molar-refractivity contribution >= 4 is 23.2 Å². The highest BCUT2D eigenvalue weighted by atomic mass is 32.1. The lowest BCUT2D eigenvalue weighted by Gasteiger charge is -2.13. The maximum Gasteiger partial charge on any atom is 0.242 e. The molecule has 0 aliphatic heterocycles. The quantitative estimate of drug-likeness (QED) is 0.851. The normalized spacial score (nSPS) is 11.8. The van der Waals surface area contributed by atoms with E-state index in [1.807, 2.05) is 17.5 Å². The molecular formula is C14H16N2O3S. The highest BCUT2D eigenvalue weighted by Gasteiger charge is 2.15. The lowest BCUT2D eigenvalue weighted by Crippen LogP contribution is -2.45. The van der Waals surface area contributed by atoms with Crippen LogP contribution in [0.5, 0.6) is 0 Å². The number of thiophene rings is 1. The van der Waals surface area contributed by atoms with Crippen LogP contribution in [0.25, 0.3) is 0 Å². The molecule has 0 unspecified atom stereocenters. The van der Waals surface area contributed by atoms with E-state index >= 15 is 0 Å². The van der Waals surface area contributed by atoms with Gasteiger partial charge in [0.2, 0.25) is 11.8 Å². The van der Waals surface area contributed by atoms with E-state index in [-0.39, 0.29) is 11.8 Å². The van der Waals surface area contributed by atoms with Crippen molar-refractivity contribution in [2.24, 2.45) is 0 Å². The van der Waals surface area contributed by atoms with Gasteiger partial charge in [0.1, 0.15) is 11.8 Å². The van der Waals surface area contributed by atoms with Gasteiger partial charge in [-0.25, -0.2) is 0 Å². The van der Waals surface area contributed by atoms with Crippen LogP contribution in [0.1, 0.15) is 17.6 Å². The molecule has 106 valence electrons. The zero-order valence-electron chi connectivity index (χ0n) is 11.1. The number of carbonyl (C=O) groups is 2. The second-order valence-electron chi connectivity index (χ2n) is 4.34. The van der Waals surface area contributed by atoms with Crippen LogP contribution < -0.4 is 10.6 Å². The Hall–Kier alpha value is -2.08. The lowest BCUT2D eigenvalue weighted by molar-refractivity contribution is -0.128. The molecule has 2 amide bonds. The van der Waals surface area contributed by atoms with Crippen LogP contribution in [-0.4, -0.2) is 17.9 Å². The average molecular weight is 292 g/mol. The summed E-state index contributed by atoms with van der Waals surface area (Å²) in [5, 5.41) is 7.30. The van der Waals surface area contributed by atoms with Gasteiger partial charge in [-0.2, -0.15) is 0 Å². The van der Waals surface area contributed by atoms with Crippen LogP contribution in [0.4, 0.5) is 0 Å². The van der Waals surface area contributed by atoms with E-state index in [0.717, 1.165) is 4.88 Å². The van der Waals surface area contributed by atoms with Crippen LogP contribution in [0.3, 0.4) is 0 Å². The molecule has 2 aromatic heterocycles. The lowest BCUT2D eigenvalue weighted by atomic mass is 10.2. The van der Waals surface area contributed by atoms with Crippen molar-refractivity contribution in [1.82, 2.24) is 10.6 Å². The topological polar surface area (TPSA) is 71.3 Å². The predicted octanol–water partition coefficient (Wildman–Crippen LogP) is 1.70. The molecule has 6 heteroatoms. The van der Waals surface area contributed by atoms with Crippen molar-refractivity contribution in [2.45, 2.75) is 25.9 Å². The van der Waals surface area contributed by atoms with E-state index < -0.39 is 6.04 Å². The van der Waals surface area contributed by atoms with Crippen LogP contribution in [0.2, 0.25) is 0 Å². The molecule has 0 saturated heterocycles. The van der Waals surface area contributed by atoms with E-state index in [1.165, 1.54) is 11.3 Å². The summed E-state index contributed by atoms with van der Waals surface area (Å²) in [5.41, 5.74) is 0. The van der Waals surface area contributed by atoms with Gasteiger partial charge in [0.05, 0.1) is 19.2 Å². The average Bonchev–Trinajstić information content (AvgIpc) is 3.08. The summed E-state index contributed by atoms with van der Waals surface area (Å²) < 4.78 is 5.11. The summed E-state index contributed by atoms with van der Waals surface area (Å²) in [6.45, 7) is 1.97. The summed E-state index contributed by atoms with van der Waals surface area (Å²) in [6.07, 6.45) is 1.85. The number of furan rings is 1. The fraction of sp³-hybridized carbons (Fsp3) is 0.286. The molecule has 0 saturated carbocycles. The second-order valence-corrected chi connectivity index (χ2v) is 5.37. The van der Waals surface area contributed by atoms with Gasteiger partial charge in [-0.3, -0.25) is 9.59 Å². The molecule has 0 fully saturated rings. The predicted molar refractivity (Wildman–Crippen MR) is 76.2 cm³/mol. The monoisotopic (exact) mass is 292 g/mol. The van der Waals surface area contributed by atoms with Gasteiger partial charge in [0, 0.05) is 4.88 Å². The first kappa shape index (κ1) is 14.3. The zero-order chi connectivity index (χ0) is 14.4. The molecule has 0 aromatic carbocycles. The van der Waals surface area contributed by atoms with Crippen molar-refractivity contribution in [3.8, 4) is 0 Å². The Morgan fingerprint density at radius 2 is 2.20 bits per heavy atom. The number of hydrogen-bond acceptors (Lipinski definition) is 4. The molecule has 0 aliphatic rings. The third kappa shape index (κ3) is 4.24. The Morgan fingerprint density at radius 3 is 2.85 bits per heavy atom. The number of hydrogen-bond donors (Lipinski definition) is 2. The van der Waals surface area contributed by atoms with Crippen molar-refractivity contribution in [1.29, 1.82) is 0 Å². The third-order valence-corrected chi connectivity index (χ3v) is 3.58. The van der Waals surface area contributed by atoms with Crippen LogP contribution in [0.15, 0.2) is 40.3 Å². The van der Waals surface area contributed by atoms with Crippen molar-refractivity contribution in [3.05, 3.63) is 46.5 Å². The Morgan fingerprint density at radius 1 is 1.35 bits per heavy atom. The highest BCUT2D eigenvalue weighted by molar-refractivity contribution is 7.10. The minimum Gasteiger partial charge on any atom is -0.467 e. The van der Waals surface area contributed by atoms with Gasteiger partial charge in [-0.05, 0) is 30.5 Å². The maximum absolute atomic E-state index is 11.8. The molecule has 1 atom stereocenters. The third-order valence-electron chi connectivity index (χ3n) is 2.70. The number of rotatable bonds is 6. The molecule has 2 rings (SSSR count). The molecule has 2 N–H and O–H groups in total.